The third-order valence-corrected chi connectivity index (χ3v) is 5.17. The molecule has 8 nitrogen and oxygen atoms in total. The van der Waals surface area contributed by atoms with Gasteiger partial charge in [-0.3, -0.25) is 19.0 Å². The Hall–Kier alpha value is -2.42. The van der Waals surface area contributed by atoms with Crippen molar-refractivity contribution in [3.63, 3.8) is 0 Å². The number of amides is 1. The number of carbonyl (C=O) groups excluding carboxylic acids is 3. The average Bonchev–Trinajstić information content (AvgIpc) is 3.03. The SMILES string of the molecule is CC(=O)SC(CC(=O)N1CCC[C@H]1C(=O)O)C(=O)n1ccc(=N)cc1C. The second-order valence-electron chi connectivity index (χ2n) is 6.15. The van der Waals surface area contributed by atoms with E-state index >= 15 is 0 Å². The van der Waals surface area contributed by atoms with Crippen molar-refractivity contribution in [1.29, 1.82) is 5.41 Å². The highest BCUT2D eigenvalue weighted by Crippen LogP contribution is 2.24. The van der Waals surface area contributed by atoms with Gasteiger partial charge in [-0.1, -0.05) is 11.8 Å². The third kappa shape index (κ3) is 4.60. The molecule has 0 aliphatic carbocycles. The maximum Gasteiger partial charge on any atom is 0.326 e. The van der Waals surface area contributed by atoms with Gasteiger partial charge in [-0.25, -0.2) is 4.79 Å². The molecular formula is C17H21N3O5S. The van der Waals surface area contributed by atoms with Crippen LogP contribution in [0, 0.1) is 12.3 Å². The molecule has 1 fully saturated rings. The fraction of sp³-hybridized carbons (Fsp3) is 0.471. The number of nitrogens with one attached hydrogen (secondary N) is 1. The number of aliphatic carboxylic acids is 1. The van der Waals surface area contributed by atoms with Crippen LogP contribution in [0.2, 0.25) is 0 Å². The van der Waals surface area contributed by atoms with Crippen molar-refractivity contribution in [2.75, 3.05) is 6.54 Å². The van der Waals surface area contributed by atoms with E-state index in [1.165, 1.54) is 34.7 Å². The number of carbonyl (C=O) groups is 4. The summed E-state index contributed by atoms with van der Waals surface area (Å²) in [5.74, 6) is -1.95. The highest BCUT2D eigenvalue weighted by molar-refractivity contribution is 8.14. The largest absolute Gasteiger partial charge is 0.480 e. The van der Waals surface area contributed by atoms with Crippen LogP contribution in [0.25, 0.3) is 0 Å². The van der Waals surface area contributed by atoms with Crippen molar-refractivity contribution in [2.45, 2.75) is 44.4 Å². The Balaban J connectivity index is 2.22. The maximum atomic E-state index is 12.8. The van der Waals surface area contributed by atoms with Crippen LogP contribution in [0.15, 0.2) is 18.3 Å². The molecule has 26 heavy (non-hydrogen) atoms. The number of likely N-dealkylation sites (tertiary alicyclic amines) is 1. The molecule has 0 aromatic carbocycles. The van der Waals surface area contributed by atoms with Crippen LogP contribution >= 0.6 is 11.8 Å². The molecule has 1 saturated heterocycles. The fourth-order valence-corrected chi connectivity index (χ4v) is 3.84. The van der Waals surface area contributed by atoms with Crippen molar-refractivity contribution in [3.8, 4) is 0 Å². The monoisotopic (exact) mass is 379 g/mol. The smallest absolute Gasteiger partial charge is 0.326 e. The molecule has 2 rings (SSSR count). The van der Waals surface area contributed by atoms with Gasteiger partial charge >= 0.3 is 5.97 Å². The van der Waals surface area contributed by atoms with Crippen LogP contribution in [0.3, 0.4) is 0 Å². The van der Waals surface area contributed by atoms with Crippen molar-refractivity contribution in [3.05, 3.63) is 29.4 Å². The summed E-state index contributed by atoms with van der Waals surface area (Å²) in [4.78, 5) is 49.5. The highest BCUT2D eigenvalue weighted by atomic mass is 32.2. The van der Waals surface area contributed by atoms with Gasteiger partial charge in [0.1, 0.15) is 11.3 Å². The van der Waals surface area contributed by atoms with E-state index < -0.39 is 29.1 Å². The van der Waals surface area contributed by atoms with Crippen molar-refractivity contribution < 1.29 is 24.3 Å². The number of thioether (sulfide) groups is 1. The summed E-state index contributed by atoms with van der Waals surface area (Å²) >= 11 is 0.761. The van der Waals surface area contributed by atoms with Crippen molar-refractivity contribution in [1.82, 2.24) is 9.47 Å². The first-order chi connectivity index (χ1) is 12.2. The zero-order valence-corrected chi connectivity index (χ0v) is 15.4. The first-order valence-corrected chi connectivity index (χ1v) is 9.06. The predicted molar refractivity (Wildman–Crippen MR) is 94.7 cm³/mol. The summed E-state index contributed by atoms with van der Waals surface area (Å²) in [5, 5.41) is 15.8. The van der Waals surface area contributed by atoms with Gasteiger partial charge in [-0.05, 0) is 31.9 Å². The summed E-state index contributed by atoms with van der Waals surface area (Å²) in [6, 6.07) is 2.08. The molecule has 2 heterocycles. The molecule has 0 radical (unpaired) electrons. The van der Waals surface area contributed by atoms with Gasteiger partial charge in [0.05, 0.1) is 5.36 Å². The van der Waals surface area contributed by atoms with E-state index in [-0.39, 0.29) is 16.9 Å². The fourth-order valence-electron chi connectivity index (χ4n) is 3.00. The molecule has 0 spiro atoms. The van der Waals surface area contributed by atoms with E-state index in [0.29, 0.717) is 25.1 Å². The van der Waals surface area contributed by atoms with E-state index in [0.717, 1.165) is 11.8 Å². The number of aromatic nitrogens is 1. The summed E-state index contributed by atoms with van der Waals surface area (Å²) < 4.78 is 1.31. The van der Waals surface area contributed by atoms with E-state index in [4.69, 9.17) is 5.41 Å². The summed E-state index contributed by atoms with van der Waals surface area (Å²) in [6.45, 7) is 3.31. The number of rotatable bonds is 5. The van der Waals surface area contributed by atoms with Crippen LogP contribution in [-0.4, -0.2) is 55.3 Å². The van der Waals surface area contributed by atoms with Gasteiger partial charge in [0.25, 0.3) is 0 Å². The molecule has 140 valence electrons. The molecule has 1 aliphatic rings. The first-order valence-electron chi connectivity index (χ1n) is 8.18. The lowest BCUT2D eigenvalue weighted by Gasteiger charge is -2.24. The molecule has 1 amide bonds. The van der Waals surface area contributed by atoms with Crippen LogP contribution in [-0.2, 0) is 14.4 Å². The van der Waals surface area contributed by atoms with Gasteiger partial charge in [0.15, 0.2) is 5.12 Å². The zero-order chi connectivity index (χ0) is 19.4. The number of hydrogen-bond acceptors (Lipinski definition) is 6. The number of pyridine rings is 1. The molecule has 2 atom stereocenters. The van der Waals surface area contributed by atoms with E-state index in [1.807, 2.05) is 0 Å². The third-order valence-electron chi connectivity index (χ3n) is 4.19. The standard InChI is InChI=1S/C17H21N3O5S/c1-10-8-12(18)5-7-19(10)16(23)14(26-11(2)21)9-15(22)20-6-3-4-13(20)17(24)25/h5,7-8,13-14,18H,3-4,6,9H2,1-2H3,(H,24,25)/t13-,14?/m0/s1. The van der Waals surface area contributed by atoms with Crippen molar-refractivity contribution >= 4 is 34.7 Å². The Morgan fingerprint density at radius 2 is 2.08 bits per heavy atom. The van der Waals surface area contributed by atoms with Gasteiger partial charge in [0, 0.05) is 31.8 Å². The van der Waals surface area contributed by atoms with Gasteiger partial charge < -0.3 is 15.4 Å². The minimum Gasteiger partial charge on any atom is -0.480 e. The molecule has 2 N–H and O–H groups in total. The predicted octanol–water partition coefficient (Wildman–Crippen LogP) is 1.03. The normalized spacial score (nSPS) is 17.8. The topological polar surface area (TPSA) is 121 Å². The minimum atomic E-state index is -1.06. The molecule has 0 saturated carbocycles. The Labute approximate surface area is 154 Å². The van der Waals surface area contributed by atoms with E-state index in [1.54, 1.807) is 6.92 Å². The van der Waals surface area contributed by atoms with Gasteiger partial charge in [0.2, 0.25) is 11.8 Å². The minimum absolute atomic E-state index is 0.248. The number of carboxylic acids is 1. The molecule has 9 heteroatoms. The first kappa shape index (κ1) is 19.9. The van der Waals surface area contributed by atoms with Crippen LogP contribution in [0.5, 0.6) is 0 Å². The molecule has 1 aromatic heterocycles. The molecule has 0 bridgehead atoms. The Bertz CT molecular complexity index is 804. The number of nitrogens with zero attached hydrogens (tertiary/aromatic N) is 2. The maximum absolute atomic E-state index is 12.8. The summed E-state index contributed by atoms with van der Waals surface area (Å²) in [5.41, 5.74) is 0.522. The lowest BCUT2D eigenvalue weighted by Crippen LogP contribution is -2.42. The molecule has 1 aromatic rings. The lowest BCUT2D eigenvalue weighted by atomic mass is 10.2. The van der Waals surface area contributed by atoms with Crippen LogP contribution < -0.4 is 5.36 Å². The second kappa shape index (κ2) is 8.31. The summed E-state index contributed by atoms with van der Waals surface area (Å²) in [6.07, 6.45) is 2.17. The van der Waals surface area contributed by atoms with E-state index in [9.17, 15) is 24.3 Å². The Morgan fingerprint density at radius 3 is 2.65 bits per heavy atom. The Morgan fingerprint density at radius 1 is 1.38 bits per heavy atom. The second-order valence-corrected chi connectivity index (χ2v) is 7.53. The number of aryl methyl sites for hydroxylation is 1. The number of carboxylic acid groups (broad SMARTS) is 1. The van der Waals surface area contributed by atoms with Crippen LogP contribution in [0.4, 0.5) is 0 Å². The van der Waals surface area contributed by atoms with E-state index in [2.05, 4.69) is 0 Å². The lowest BCUT2D eigenvalue weighted by molar-refractivity contribution is -0.148. The highest BCUT2D eigenvalue weighted by Gasteiger charge is 2.36. The quantitative estimate of drug-likeness (QED) is 0.788. The average molecular weight is 379 g/mol. The molecule has 1 aliphatic heterocycles. The van der Waals surface area contributed by atoms with Gasteiger partial charge in [-0.2, -0.15) is 0 Å². The summed E-state index contributed by atoms with van der Waals surface area (Å²) in [7, 11) is 0. The molecule has 1 unspecified atom stereocenters. The number of hydrogen-bond donors (Lipinski definition) is 2. The molecular weight excluding hydrogens is 358 g/mol. The zero-order valence-electron chi connectivity index (χ0n) is 14.6. The van der Waals surface area contributed by atoms with Crippen LogP contribution in [0.1, 0.15) is 36.7 Å². The van der Waals surface area contributed by atoms with Gasteiger partial charge in [-0.15, -0.1) is 0 Å². The Kier molecular flexibility index (Phi) is 6.36. The van der Waals surface area contributed by atoms with Crippen molar-refractivity contribution in [2.24, 2.45) is 0 Å².